The molecule has 22 nitrogen and oxygen atoms in total. The number of ether oxygens (including phenoxy) is 4. The Morgan fingerprint density at radius 1 is 0.725 bits per heavy atom. The Morgan fingerprint density at radius 3 is 1.75 bits per heavy atom. The van der Waals surface area contributed by atoms with Gasteiger partial charge in [0.15, 0.2) is 0 Å². The van der Waals surface area contributed by atoms with Crippen molar-refractivity contribution in [1.82, 2.24) is 0 Å². The van der Waals surface area contributed by atoms with Crippen molar-refractivity contribution in [3.63, 3.8) is 0 Å². The molecule has 0 spiro atoms. The number of halogens is 1. The van der Waals surface area contributed by atoms with Gasteiger partial charge in [-0.05, 0) is 19.3 Å². The van der Waals surface area contributed by atoms with Gasteiger partial charge >= 0.3 is 31.3 Å². The van der Waals surface area contributed by atoms with Crippen molar-refractivity contribution in [3.8, 4) is 0 Å². The summed E-state index contributed by atoms with van der Waals surface area (Å²) in [6.07, 6.45) is -8.57. The average Bonchev–Trinajstić information content (AvgIpc) is 3.77. The first-order chi connectivity index (χ1) is 24.0. The van der Waals surface area contributed by atoms with Crippen molar-refractivity contribution in [2.45, 2.75) is 101 Å². The highest BCUT2D eigenvalue weighted by molar-refractivity contribution is 7.48. The van der Waals surface area contributed by atoms with Crippen LogP contribution in [0.4, 0.5) is 4.39 Å². The van der Waals surface area contributed by atoms with E-state index >= 15 is 0 Å². The van der Waals surface area contributed by atoms with Crippen LogP contribution in [-0.4, -0.2) is 133 Å². The van der Waals surface area contributed by atoms with Crippen LogP contribution in [0.5, 0.6) is 0 Å². The standard InChI is InChI=1S/C13H25FO10P2.C11H23NO11P2/c1-8-4-9(2)22-11(8)6-21-26(17,18)24-10-5-13(14)23-12(10)7-20-25(15,16)19-3;1-18-24(14,15)20-6-10-8(2-3-19-10)23-25(16,17)21-5-9-7(13)4-11(12)22-9/h8-13H,4-7H2,1-3H3,(H,15,16)(H,17,18);7-11,13H,2-6,12H2,1H3,(H,14,15)(H,16,17)/i;3D. The van der Waals surface area contributed by atoms with Crippen molar-refractivity contribution < 1.29 is 104 Å². The Hall–Kier alpha value is 0.130. The molecule has 0 radical (unpaired) electrons. The smallest absolute Gasteiger partial charge is 0.390 e. The van der Waals surface area contributed by atoms with E-state index < -0.39 is 107 Å². The molecule has 27 heteroatoms. The second-order valence-electron chi connectivity index (χ2n) is 11.8. The number of aliphatic hydroxyl groups excluding tert-OH is 1. The maximum absolute atomic E-state index is 13.5. The molecule has 4 heterocycles. The molecule has 4 aliphatic rings. The zero-order valence-corrected chi connectivity index (χ0v) is 31.7. The molecule has 0 aromatic carbocycles. The van der Waals surface area contributed by atoms with Gasteiger partial charge < -0.3 is 49.4 Å². The molecule has 4 aliphatic heterocycles. The van der Waals surface area contributed by atoms with E-state index in [1.165, 1.54) is 0 Å². The fourth-order valence-corrected chi connectivity index (χ4v) is 7.95. The van der Waals surface area contributed by atoms with Crippen molar-refractivity contribution in [1.29, 1.82) is 0 Å². The predicted octanol–water partition coefficient (Wildman–Crippen LogP) is 1.63. The fraction of sp³-hybridized carbons (Fsp3) is 1.00. The van der Waals surface area contributed by atoms with E-state index in [2.05, 4.69) is 18.1 Å². The molecular weight excluding hydrogens is 781 g/mol. The number of hydrogen-bond acceptors (Lipinski definition) is 18. The van der Waals surface area contributed by atoms with Gasteiger partial charge in [-0.15, -0.1) is 0 Å². The summed E-state index contributed by atoms with van der Waals surface area (Å²) < 4.78 is 126. The molecule has 16 unspecified atom stereocenters. The largest absolute Gasteiger partial charge is 0.472 e. The summed E-state index contributed by atoms with van der Waals surface area (Å²) in [4.78, 5) is 38.1. The van der Waals surface area contributed by atoms with Crippen molar-refractivity contribution in [3.05, 3.63) is 0 Å². The minimum atomic E-state index is -4.59. The summed E-state index contributed by atoms with van der Waals surface area (Å²) in [5, 5.41) is 9.67. The van der Waals surface area contributed by atoms with Gasteiger partial charge in [-0.25, -0.2) is 22.7 Å². The number of rotatable bonds is 18. The van der Waals surface area contributed by atoms with Crippen LogP contribution in [0.2, 0.25) is 0 Å². The number of phosphoric ester groups is 4. The Morgan fingerprint density at radius 2 is 1.24 bits per heavy atom. The van der Waals surface area contributed by atoms with Crippen LogP contribution in [-0.2, 0) is 73.4 Å². The van der Waals surface area contributed by atoms with E-state index in [1.807, 2.05) is 13.8 Å². The maximum Gasteiger partial charge on any atom is 0.472 e. The molecule has 0 bridgehead atoms. The molecule has 0 saturated carbocycles. The van der Waals surface area contributed by atoms with Gasteiger partial charge in [-0.3, -0.25) is 36.2 Å². The van der Waals surface area contributed by atoms with Gasteiger partial charge in [0.05, 0.1) is 46.1 Å². The summed E-state index contributed by atoms with van der Waals surface area (Å²) in [7, 11) is -15.8. The summed E-state index contributed by atoms with van der Waals surface area (Å²) in [6.45, 7) is 1.11. The monoisotopic (exact) mass is 830 g/mol. The quantitative estimate of drug-likeness (QED) is 0.107. The summed E-state index contributed by atoms with van der Waals surface area (Å²) >= 11 is 0. The zero-order chi connectivity index (χ0) is 39.1. The van der Waals surface area contributed by atoms with Gasteiger partial charge in [0.25, 0.3) is 0 Å². The van der Waals surface area contributed by atoms with Crippen molar-refractivity contribution in [2.75, 3.05) is 47.2 Å². The highest BCUT2D eigenvalue weighted by atomic mass is 31.2. The lowest BCUT2D eigenvalue weighted by Gasteiger charge is -2.23. The minimum absolute atomic E-state index is 0.0320. The first-order valence-electron chi connectivity index (χ1n) is 16.1. The molecule has 51 heavy (non-hydrogen) atoms. The number of alkyl halides is 1. The molecule has 4 fully saturated rings. The normalized spacial score (nSPS) is 40.4. The summed E-state index contributed by atoms with van der Waals surface area (Å²) in [6, 6.07) is 0. The third kappa shape index (κ3) is 15.7. The van der Waals surface area contributed by atoms with Crippen LogP contribution in [0.3, 0.4) is 0 Å². The van der Waals surface area contributed by atoms with Crippen LogP contribution in [0.1, 0.15) is 40.9 Å². The molecule has 7 N–H and O–H groups in total. The van der Waals surface area contributed by atoms with E-state index in [9.17, 15) is 47.3 Å². The Balaban J connectivity index is 0.000000280. The minimum Gasteiger partial charge on any atom is -0.390 e. The summed E-state index contributed by atoms with van der Waals surface area (Å²) in [5.41, 5.74) is 5.49. The number of hydrogen-bond donors (Lipinski definition) is 6. The SMILES string of the molecule is COP(=O)(O)OCC1OC(F)CC1OP(=O)(O)OCC1OC(C)CC1C.[2H]C1CC(OP(=O)(O)OCC2OC(N)CC2O)C(COP(=O)(O)OC)O1. The summed E-state index contributed by atoms with van der Waals surface area (Å²) in [5.74, 6) is 0.156. The third-order valence-corrected chi connectivity index (χ3v) is 11.7. The van der Waals surface area contributed by atoms with E-state index in [-0.39, 0.29) is 44.0 Å². The molecule has 302 valence electrons. The molecule has 16 atom stereocenters. The van der Waals surface area contributed by atoms with Gasteiger partial charge in [0.2, 0.25) is 6.36 Å². The second kappa shape index (κ2) is 19.8. The molecule has 4 saturated heterocycles. The van der Waals surface area contributed by atoms with Crippen LogP contribution < -0.4 is 5.73 Å². The Labute approximate surface area is 295 Å². The number of aliphatic hydroxyl groups is 1. The van der Waals surface area contributed by atoms with E-state index in [0.717, 1.165) is 20.6 Å². The third-order valence-electron chi connectivity index (χ3n) is 7.77. The Kier molecular flexibility index (Phi) is 17.0. The van der Waals surface area contributed by atoms with E-state index in [0.29, 0.717) is 0 Å². The fourth-order valence-electron chi connectivity index (χ4n) is 5.15. The van der Waals surface area contributed by atoms with Crippen LogP contribution in [0, 0.1) is 5.92 Å². The Bertz CT molecular complexity index is 1230. The first kappa shape index (κ1) is 43.9. The van der Waals surface area contributed by atoms with Crippen LogP contribution in [0.25, 0.3) is 0 Å². The predicted molar refractivity (Wildman–Crippen MR) is 167 cm³/mol. The van der Waals surface area contributed by atoms with Gasteiger partial charge in [0.1, 0.15) is 36.7 Å². The maximum atomic E-state index is 13.5. The highest BCUT2D eigenvalue weighted by Crippen LogP contribution is 2.50. The topological polar surface area (TPSA) is 306 Å². The highest BCUT2D eigenvalue weighted by Gasteiger charge is 2.44. The molecule has 4 rings (SSSR count). The molecule has 0 aromatic rings. The van der Waals surface area contributed by atoms with Gasteiger partial charge in [-0.2, -0.15) is 0 Å². The number of phosphoric acid groups is 4. The van der Waals surface area contributed by atoms with Crippen molar-refractivity contribution in [2.24, 2.45) is 11.7 Å². The van der Waals surface area contributed by atoms with Crippen LogP contribution in [0.15, 0.2) is 0 Å². The molecule has 0 aliphatic carbocycles. The van der Waals surface area contributed by atoms with Crippen LogP contribution >= 0.6 is 31.3 Å². The van der Waals surface area contributed by atoms with Gasteiger partial charge in [0, 0.05) is 40.1 Å². The second-order valence-corrected chi connectivity index (χ2v) is 17.8. The van der Waals surface area contributed by atoms with E-state index in [1.54, 1.807) is 0 Å². The molecule has 0 aromatic heterocycles. The number of nitrogens with two attached hydrogens (primary N) is 1. The molecular formula is C24H48FNO21P4. The lowest BCUT2D eigenvalue weighted by molar-refractivity contribution is -0.0662. The van der Waals surface area contributed by atoms with E-state index in [4.69, 9.17) is 44.1 Å². The van der Waals surface area contributed by atoms with Gasteiger partial charge in [-0.1, -0.05) is 6.92 Å². The zero-order valence-electron chi connectivity index (χ0n) is 29.1. The van der Waals surface area contributed by atoms with Crippen molar-refractivity contribution >= 4 is 31.3 Å². The average molecular weight is 831 g/mol. The lowest BCUT2D eigenvalue weighted by atomic mass is 10.0. The lowest BCUT2D eigenvalue weighted by Crippen LogP contribution is -2.30. The first-order valence-corrected chi connectivity index (χ1v) is 21.5. The molecule has 0 amide bonds.